The van der Waals surface area contributed by atoms with Crippen molar-refractivity contribution in [3.63, 3.8) is 0 Å². The quantitative estimate of drug-likeness (QED) is 0.739. The largest absolute Gasteiger partial charge is 0.377 e. The highest BCUT2D eigenvalue weighted by molar-refractivity contribution is 5.81. The Morgan fingerprint density at radius 2 is 1.75 bits per heavy atom. The van der Waals surface area contributed by atoms with Gasteiger partial charge in [0.2, 0.25) is 0 Å². The first-order valence-electron chi connectivity index (χ1n) is 6.91. The Hall–Kier alpha value is -2.35. The first kappa shape index (κ1) is 12.7. The summed E-state index contributed by atoms with van der Waals surface area (Å²) in [6.45, 7) is 4.32. The lowest BCUT2D eigenvalue weighted by molar-refractivity contribution is 0.873. The Kier molecular flexibility index (Phi) is 3.38. The second-order valence-corrected chi connectivity index (χ2v) is 5.14. The SMILES string of the molecule is Cc1ccccc1C(C)Nc1cnc2ccccc2c1. The molecule has 0 saturated heterocycles. The number of pyridine rings is 1. The third kappa shape index (κ3) is 2.50. The van der Waals surface area contributed by atoms with E-state index in [0.29, 0.717) is 0 Å². The molecule has 0 radical (unpaired) electrons. The number of rotatable bonds is 3. The van der Waals surface area contributed by atoms with Crippen molar-refractivity contribution in [1.29, 1.82) is 0 Å². The average molecular weight is 262 g/mol. The van der Waals surface area contributed by atoms with Crippen LogP contribution in [0.5, 0.6) is 0 Å². The Morgan fingerprint density at radius 1 is 1.00 bits per heavy atom. The molecule has 0 saturated carbocycles. The van der Waals surface area contributed by atoms with Crippen molar-refractivity contribution in [1.82, 2.24) is 4.98 Å². The van der Waals surface area contributed by atoms with Crippen molar-refractivity contribution in [3.05, 3.63) is 71.9 Å². The molecule has 0 aliphatic carbocycles. The number of fused-ring (bicyclic) bond motifs is 1. The third-order valence-electron chi connectivity index (χ3n) is 3.63. The van der Waals surface area contributed by atoms with Crippen LogP contribution in [0.4, 0.5) is 5.69 Å². The zero-order valence-electron chi connectivity index (χ0n) is 11.8. The molecule has 0 amide bonds. The average Bonchev–Trinajstić information content (AvgIpc) is 2.47. The molecule has 1 N–H and O–H groups in total. The lowest BCUT2D eigenvalue weighted by Gasteiger charge is -2.17. The van der Waals surface area contributed by atoms with Gasteiger partial charge in [0.15, 0.2) is 0 Å². The Balaban J connectivity index is 1.87. The van der Waals surface area contributed by atoms with Gasteiger partial charge < -0.3 is 5.32 Å². The van der Waals surface area contributed by atoms with Gasteiger partial charge in [-0.1, -0.05) is 42.5 Å². The molecule has 0 spiro atoms. The molecule has 0 fully saturated rings. The van der Waals surface area contributed by atoms with Gasteiger partial charge in [-0.3, -0.25) is 4.98 Å². The molecule has 1 unspecified atom stereocenters. The summed E-state index contributed by atoms with van der Waals surface area (Å²) in [5.74, 6) is 0. The fraction of sp³-hybridized carbons (Fsp3) is 0.167. The Bertz CT molecular complexity index is 734. The first-order chi connectivity index (χ1) is 9.74. The van der Waals surface area contributed by atoms with Crippen LogP contribution in [0, 0.1) is 6.92 Å². The maximum absolute atomic E-state index is 4.49. The van der Waals surface area contributed by atoms with Crippen molar-refractivity contribution >= 4 is 16.6 Å². The summed E-state index contributed by atoms with van der Waals surface area (Å²) < 4.78 is 0. The van der Waals surface area contributed by atoms with Crippen molar-refractivity contribution in [2.24, 2.45) is 0 Å². The number of benzene rings is 2. The number of aromatic nitrogens is 1. The molecule has 3 aromatic rings. The molecule has 2 heteroatoms. The van der Waals surface area contributed by atoms with Crippen LogP contribution in [0.1, 0.15) is 24.1 Å². The first-order valence-corrected chi connectivity index (χ1v) is 6.91. The van der Waals surface area contributed by atoms with Crippen LogP contribution in [0.3, 0.4) is 0 Å². The van der Waals surface area contributed by atoms with Gasteiger partial charge in [-0.25, -0.2) is 0 Å². The second kappa shape index (κ2) is 5.33. The molecule has 100 valence electrons. The molecule has 3 rings (SSSR count). The number of anilines is 1. The molecule has 2 nitrogen and oxygen atoms in total. The highest BCUT2D eigenvalue weighted by atomic mass is 14.9. The predicted octanol–water partition coefficient (Wildman–Crippen LogP) is 4.72. The highest BCUT2D eigenvalue weighted by Crippen LogP contribution is 2.23. The van der Waals surface area contributed by atoms with Crippen LogP contribution in [0.15, 0.2) is 60.8 Å². The zero-order valence-corrected chi connectivity index (χ0v) is 11.8. The van der Waals surface area contributed by atoms with E-state index in [4.69, 9.17) is 0 Å². The summed E-state index contributed by atoms with van der Waals surface area (Å²) in [4.78, 5) is 4.49. The fourth-order valence-electron chi connectivity index (χ4n) is 2.55. The van der Waals surface area contributed by atoms with E-state index in [1.54, 1.807) is 0 Å². The van der Waals surface area contributed by atoms with Gasteiger partial charge in [-0.05, 0) is 37.1 Å². The number of aryl methyl sites for hydroxylation is 1. The number of nitrogens with one attached hydrogen (secondary N) is 1. The standard InChI is InChI=1S/C18H18N2/c1-13-7-3-5-9-17(13)14(2)20-16-11-15-8-4-6-10-18(15)19-12-16/h3-12,14,20H,1-2H3. The second-order valence-electron chi connectivity index (χ2n) is 5.14. The van der Waals surface area contributed by atoms with E-state index in [1.807, 2.05) is 24.4 Å². The summed E-state index contributed by atoms with van der Waals surface area (Å²) in [7, 11) is 0. The fourth-order valence-corrected chi connectivity index (χ4v) is 2.55. The van der Waals surface area contributed by atoms with Gasteiger partial charge in [0.1, 0.15) is 0 Å². The molecular formula is C18H18N2. The zero-order chi connectivity index (χ0) is 13.9. The van der Waals surface area contributed by atoms with Gasteiger partial charge in [0.25, 0.3) is 0 Å². The van der Waals surface area contributed by atoms with Crippen LogP contribution in [-0.4, -0.2) is 4.98 Å². The minimum Gasteiger partial charge on any atom is -0.377 e. The van der Waals surface area contributed by atoms with Crippen molar-refractivity contribution < 1.29 is 0 Å². The van der Waals surface area contributed by atoms with E-state index in [2.05, 4.69) is 60.5 Å². The molecule has 20 heavy (non-hydrogen) atoms. The van der Waals surface area contributed by atoms with Crippen molar-refractivity contribution in [2.75, 3.05) is 5.32 Å². The number of hydrogen-bond acceptors (Lipinski definition) is 2. The summed E-state index contributed by atoms with van der Waals surface area (Å²) in [5.41, 5.74) is 4.71. The Labute approximate surface area is 119 Å². The van der Waals surface area contributed by atoms with E-state index >= 15 is 0 Å². The lowest BCUT2D eigenvalue weighted by Crippen LogP contribution is -2.08. The van der Waals surface area contributed by atoms with E-state index in [0.717, 1.165) is 16.6 Å². The molecule has 1 atom stereocenters. The van der Waals surface area contributed by atoms with Crippen LogP contribution in [0.2, 0.25) is 0 Å². The van der Waals surface area contributed by atoms with Gasteiger partial charge >= 0.3 is 0 Å². The van der Waals surface area contributed by atoms with Crippen LogP contribution in [0.25, 0.3) is 10.9 Å². The van der Waals surface area contributed by atoms with Crippen LogP contribution < -0.4 is 5.32 Å². The third-order valence-corrected chi connectivity index (χ3v) is 3.63. The van der Waals surface area contributed by atoms with E-state index < -0.39 is 0 Å². The molecular weight excluding hydrogens is 244 g/mol. The molecule has 1 heterocycles. The van der Waals surface area contributed by atoms with Crippen molar-refractivity contribution in [2.45, 2.75) is 19.9 Å². The molecule has 1 aromatic heterocycles. The maximum atomic E-state index is 4.49. The van der Waals surface area contributed by atoms with E-state index in [1.165, 1.54) is 11.1 Å². The number of nitrogens with zero attached hydrogens (tertiary/aromatic N) is 1. The van der Waals surface area contributed by atoms with Crippen LogP contribution >= 0.6 is 0 Å². The molecule has 0 aliphatic heterocycles. The monoisotopic (exact) mass is 262 g/mol. The van der Waals surface area contributed by atoms with Crippen LogP contribution in [-0.2, 0) is 0 Å². The van der Waals surface area contributed by atoms with E-state index in [9.17, 15) is 0 Å². The summed E-state index contributed by atoms with van der Waals surface area (Å²) >= 11 is 0. The summed E-state index contributed by atoms with van der Waals surface area (Å²) in [6, 6.07) is 19.1. The minimum absolute atomic E-state index is 0.263. The summed E-state index contributed by atoms with van der Waals surface area (Å²) in [6.07, 6.45) is 1.90. The molecule has 0 aliphatic rings. The number of hydrogen-bond donors (Lipinski definition) is 1. The van der Waals surface area contributed by atoms with Crippen molar-refractivity contribution in [3.8, 4) is 0 Å². The topological polar surface area (TPSA) is 24.9 Å². The number of para-hydroxylation sites is 1. The molecule has 0 bridgehead atoms. The van der Waals surface area contributed by atoms with Gasteiger partial charge in [-0.2, -0.15) is 0 Å². The normalized spacial score (nSPS) is 12.3. The van der Waals surface area contributed by atoms with Gasteiger partial charge in [-0.15, -0.1) is 0 Å². The van der Waals surface area contributed by atoms with Gasteiger partial charge in [0, 0.05) is 11.4 Å². The summed E-state index contributed by atoms with van der Waals surface area (Å²) in [5, 5.41) is 4.69. The highest BCUT2D eigenvalue weighted by Gasteiger charge is 2.08. The molecule has 2 aromatic carbocycles. The minimum atomic E-state index is 0.263. The van der Waals surface area contributed by atoms with E-state index in [-0.39, 0.29) is 6.04 Å². The predicted molar refractivity (Wildman–Crippen MR) is 85.0 cm³/mol. The smallest absolute Gasteiger partial charge is 0.0703 e. The Morgan fingerprint density at radius 3 is 2.60 bits per heavy atom. The maximum Gasteiger partial charge on any atom is 0.0703 e. The lowest BCUT2D eigenvalue weighted by atomic mass is 10.0. The van der Waals surface area contributed by atoms with Gasteiger partial charge in [0.05, 0.1) is 17.4 Å².